The summed E-state index contributed by atoms with van der Waals surface area (Å²) in [4.78, 5) is 22.3. The molecule has 0 aliphatic rings. The average molecular weight is 304 g/mol. The molecule has 3 N–H and O–H groups in total. The summed E-state index contributed by atoms with van der Waals surface area (Å²) < 4.78 is 0. The van der Waals surface area contributed by atoms with E-state index in [1.165, 1.54) is 4.90 Å². The van der Waals surface area contributed by atoms with Gasteiger partial charge in [-0.25, -0.2) is 14.8 Å². The van der Waals surface area contributed by atoms with E-state index in [4.69, 9.17) is 10.2 Å². The summed E-state index contributed by atoms with van der Waals surface area (Å²) >= 11 is 0. The lowest BCUT2D eigenvalue weighted by Gasteiger charge is -2.21. The third kappa shape index (κ3) is 3.69. The molecule has 22 heavy (non-hydrogen) atoms. The zero-order chi connectivity index (χ0) is 16.1. The van der Waals surface area contributed by atoms with E-state index in [1.54, 1.807) is 18.2 Å². The maximum Gasteiger partial charge on any atom is 0.322 e. The second-order valence-corrected chi connectivity index (χ2v) is 4.96. The second-order valence-electron chi connectivity index (χ2n) is 4.96. The van der Waals surface area contributed by atoms with Gasteiger partial charge in [0.1, 0.15) is 0 Å². The van der Waals surface area contributed by atoms with Crippen LogP contribution in [0.3, 0.4) is 0 Å². The van der Waals surface area contributed by atoms with Crippen LogP contribution in [0.15, 0.2) is 18.2 Å². The number of aromatic nitrogens is 2. The van der Waals surface area contributed by atoms with Crippen LogP contribution in [0.5, 0.6) is 0 Å². The lowest BCUT2D eigenvalue weighted by molar-refractivity contribution is 0.167. The van der Waals surface area contributed by atoms with Crippen LogP contribution in [-0.4, -0.2) is 57.4 Å². The molecule has 2 amide bonds. The van der Waals surface area contributed by atoms with Crippen LogP contribution in [0.25, 0.3) is 11.0 Å². The van der Waals surface area contributed by atoms with E-state index in [9.17, 15) is 4.79 Å². The van der Waals surface area contributed by atoms with Gasteiger partial charge in [0.15, 0.2) is 0 Å². The first-order chi connectivity index (χ1) is 10.5. The van der Waals surface area contributed by atoms with Crippen LogP contribution in [0, 0.1) is 13.8 Å². The van der Waals surface area contributed by atoms with Crippen molar-refractivity contribution in [1.29, 1.82) is 0 Å². The fourth-order valence-corrected chi connectivity index (χ4v) is 2.07. The molecule has 1 aromatic carbocycles. The number of urea groups is 1. The Balaban J connectivity index is 2.20. The van der Waals surface area contributed by atoms with Gasteiger partial charge in [-0.2, -0.15) is 0 Å². The summed E-state index contributed by atoms with van der Waals surface area (Å²) in [5.41, 5.74) is 3.79. The molecule has 0 atom stereocenters. The summed E-state index contributed by atoms with van der Waals surface area (Å²) in [6, 6.07) is 4.93. The van der Waals surface area contributed by atoms with Crippen molar-refractivity contribution in [2.75, 3.05) is 31.6 Å². The molecule has 7 nitrogen and oxygen atoms in total. The summed E-state index contributed by atoms with van der Waals surface area (Å²) in [6.45, 7) is 3.80. The number of rotatable bonds is 5. The molecule has 0 radical (unpaired) electrons. The first kappa shape index (κ1) is 16.1. The number of hydrogen-bond donors (Lipinski definition) is 3. The number of carbonyl (C=O) groups is 1. The molecule has 0 saturated heterocycles. The molecule has 0 aliphatic heterocycles. The Kier molecular flexibility index (Phi) is 5.24. The Bertz CT molecular complexity index is 669. The number of nitrogens with zero attached hydrogens (tertiary/aromatic N) is 3. The monoisotopic (exact) mass is 304 g/mol. The molecule has 0 fully saturated rings. The summed E-state index contributed by atoms with van der Waals surface area (Å²) in [5.74, 6) is 0. The highest BCUT2D eigenvalue weighted by Gasteiger charge is 2.13. The Morgan fingerprint density at radius 2 is 1.68 bits per heavy atom. The molecule has 1 heterocycles. The van der Waals surface area contributed by atoms with Gasteiger partial charge < -0.3 is 20.4 Å². The highest BCUT2D eigenvalue weighted by Crippen LogP contribution is 2.18. The van der Waals surface area contributed by atoms with Crippen LogP contribution in [-0.2, 0) is 0 Å². The summed E-state index contributed by atoms with van der Waals surface area (Å²) in [5, 5.41) is 20.6. The minimum absolute atomic E-state index is 0.158. The van der Waals surface area contributed by atoms with Gasteiger partial charge in [0, 0.05) is 18.8 Å². The smallest absolute Gasteiger partial charge is 0.322 e. The van der Waals surface area contributed by atoms with Gasteiger partial charge in [0.2, 0.25) is 0 Å². The highest BCUT2D eigenvalue weighted by molar-refractivity contribution is 5.91. The van der Waals surface area contributed by atoms with E-state index in [1.807, 2.05) is 13.8 Å². The van der Waals surface area contributed by atoms with Crippen LogP contribution in [0.2, 0.25) is 0 Å². The lowest BCUT2D eigenvalue weighted by atomic mass is 10.2. The summed E-state index contributed by atoms with van der Waals surface area (Å²) in [6.07, 6.45) is 0. The molecular weight excluding hydrogens is 284 g/mol. The Hall–Kier alpha value is -2.25. The normalized spacial score (nSPS) is 10.7. The number of benzene rings is 1. The number of anilines is 1. The molecule has 2 rings (SSSR count). The minimum Gasteiger partial charge on any atom is -0.395 e. The zero-order valence-corrected chi connectivity index (χ0v) is 12.7. The number of aryl methyl sites for hydroxylation is 2. The number of nitrogens with one attached hydrogen (secondary N) is 1. The maximum atomic E-state index is 12.1. The molecule has 118 valence electrons. The Labute approximate surface area is 128 Å². The van der Waals surface area contributed by atoms with Gasteiger partial charge in [-0.15, -0.1) is 0 Å². The van der Waals surface area contributed by atoms with Gasteiger partial charge in [-0.1, -0.05) is 0 Å². The number of amides is 2. The van der Waals surface area contributed by atoms with Gasteiger partial charge >= 0.3 is 6.03 Å². The average Bonchev–Trinajstić information content (AvgIpc) is 2.48. The molecule has 0 bridgehead atoms. The van der Waals surface area contributed by atoms with Crippen LogP contribution in [0.1, 0.15) is 11.4 Å². The quantitative estimate of drug-likeness (QED) is 0.767. The van der Waals surface area contributed by atoms with E-state index < -0.39 is 0 Å². The van der Waals surface area contributed by atoms with Crippen molar-refractivity contribution in [2.45, 2.75) is 13.8 Å². The molecule has 0 saturated carbocycles. The van der Waals surface area contributed by atoms with Crippen molar-refractivity contribution in [3.63, 3.8) is 0 Å². The topological polar surface area (TPSA) is 98.6 Å². The predicted octanol–water partition coefficient (Wildman–Crippen LogP) is 1.07. The van der Waals surface area contributed by atoms with Crippen molar-refractivity contribution in [3.8, 4) is 0 Å². The van der Waals surface area contributed by atoms with Gasteiger partial charge in [0.05, 0.1) is 35.6 Å². The number of hydrogen-bond acceptors (Lipinski definition) is 5. The van der Waals surface area contributed by atoms with E-state index in [-0.39, 0.29) is 32.3 Å². The Morgan fingerprint density at radius 3 is 2.27 bits per heavy atom. The lowest BCUT2D eigenvalue weighted by Crippen LogP contribution is -2.38. The SMILES string of the molecule is Cc1nc2ccc(NC(=O)N(CCO)CCO)cc2nc1C. The van der Waals surface area contributed by atoms with E-state index in [0.717, 1.165) is 16.9 Å². The first-order valence-corrected chi connectivity index (χ1v) is 7.08. The molecule has 0 spiro atoms. The standard InChI is InChI=1S/C15H20N4O3/c1-10-11(2)17-14-9-12(3-4-13(14)16-10)18-15(22)19(5-7-20)6-8-21/h3-4,9,20-21H,5-8H2,1-2H3,(H,18,22). The maximum absolute atomic E-state index is 12.1. The van der Waals surface area contributed by atoms with Crippen molar-refractivity contribution in [1.82, 2.24) is 14.9 Å². The van der Waals surface area contributed by atoms with Crippen LogP contribution >= 0.6 is 0 Å². The molecule has 0 unspecified atom stereocenters. The molecule has 0 aliphatic carbocycles. The van der Waals surface area contributed by atoms with Crippen molar-refractivity contribution >= 4 is 22.8 Å². The van der Waals surface area contributed by atoms with Crippen molar-refractivity contribution in [3.05, 3.63) is 29.6 Å². The third-order valence-electron chi connectivity index (χ3n) is 3.35. The first-order valence-electron chi connectivity index (χ1n) is 7.08. The highest BCUT2D eigenvalue weighted by atomic mass is 16.3. The Morgan fingerprint density at radius 1 is 1.09 bits per heavy atom. The fraction of sp³-hybridized carbons (Fsp3) is 0.400. The third-order valence-corrected chi connectivity index (χ3v) is 3.35. The number of aliphatic hydroxyl groups excluding tert-OH is 2. The second kappa shape index (κ2) is 7.15. The molecular formula is C15H20N4O3. The number of carbonyl (C=O) groups excluding carboxylic acids is 1. The summed E-state index contributed by atoms with van der Waals surface area (Å²) in [7, 11) is 0. The van der Waals surface area contributed by atoms with Crippen molar-refractivity contribution < 1.29 is 15.0 Å². The molecule has 2 aromatic rings. The van der Waals surface area contributed by atoms with E-state index >= 15 is 0 Å². The van der Waals surface area contributed by atoms with Crippen LogP contribution < -0.4 is 5.32 Å². The van der Waals surface area contributed by atoms with E-state index in [0.29, 0.717) is 11.2 Å². The fourth-order valence-electron chi connectivity index (χ4n) is 2.07. The number of fused-ring (bicyclic) bond motifs is 1. The molecule has 1 aromatic heterocycles. The van der Waals surface area contributed by atoms with Crippen LogP contribution in [0.4, 0.5) is 10.5 Å². The zero-order valence-electron chi connectivity index (χ0n) is 12.7. The largest absolute Gasteiger partial charge is 0.395 e. The van der Waals surface area contributed by atoms with Gasteiger partial charge in [-0.3, -0.25) is 0 Å². The van der Waals surface area contributed by atoms with Crippen molar-refractivity contribution in [2.24, 2.45) is 0 Å². The van der Waals surface area contributed by atoms with Gasteiger partial charge in [-0.05, 0) is 32.0 Å². The molecule has 7 heteroatoms. The minimum atomic E-state index is -0.376. The van der Waals surface area contributed by atoms with E-state index in [2.05, 4.69) is 15.3 Å². The van der Waals surface area contributed by atoms with Gasteiger partial charge in [0.25, 0.3) is 0 Å². The predicted molar refractivity (Wildman–Crippen MR) is 83.8 cm³/mol. The number of aliphatic hydroxyl groups is 2.